The van der Waals surface area contributed by atoms with Gasteiger partial charge < -0.3 is 9.47 Å². The molecule has 1 aromatic rings. The van der Waals surface area contributed by atoms with E-state index in [1.165, 1.54) is 7.11 Å². The number of hydrogen-bond donors (Lipinski definition) is 0. The molecule has 5 heteroatoms. The molecule has 21 heavy (non-hydrogen) atoms. The molecule has 0 amide bonds. The van der Waals surface area contributed by atoms with Gasteiger partial charge >= 0.3 is 11.9 Å². The van der Waals surface area contributed by atoms with Gasteiger partial charge in [0.2, 0.25) is 0 Å². The quantitative estimate of drug-likeness (QED) is 0.569. The van der Waals surface area contributed by atoms with E-state index in [-0.39, 0.29) is 24.9 Å². The number of methoxy groups -OCH3 is 1. The number of carbonyl (C=O) groups excluding carboxylic acids is 2. The molecule has 0 N–H and O–H groups in total. The van der Waals surface area contributed by atoms with Crippen LogP contribution in [0.4, 0.5) is 0 Å². The predicted molar refractivity (Wildman–Crippen MR) is 80.3 cm³/mol. The van der Waals surface area contributed by atoms with Crippen molar-refractivity contribution < 1.29 is 19.1 Å². The Balaban J connectivity index is 2.57. The van der Waals surface area contributed by atoms with Crippen LogP contribution in [-0.2, 0) is 14.3 Å². The first-order valence-corrected chi connectivity index (χ1v) is 7.04. The lowest BCUT2D eigenvalue weighted by Crippen LogP contribution is -2.34. The topological polar surface area (TPSA) is 55.8 Å². The first-order chi connectivity index (χ1) is 9.97. The molecule has 0 saturated heterocycles. The Morgan fingerprint density at radius 2 is 1.76 bits per heavy atom. The van der Waals surface area contributed by atoms with Gasteiger partial charge in [-0.15, -0.1) is 0 Å². The Morgan fingerprint density at radius 3 is 2.29 bits per heavy atom. The second kappa shape index (κ2) is 8.42. The lowest BCUT2D eigenvalue weighted by Gasteiger charge is -2.19. The Kier molecular flexibility index (Phi) is 6.88. The number of aryl methyl sites for hydroxylation is 2. The van der Waals surface area contributed by atoms with E-state index >= 15 is 0 Å². The third-order valence-electron chi connectivity index (χ3n) is 3.28. The highest BCUT2D eigenvalue weighted by molar-refractivity contribution is 5.75. The van der Waals surface area contributed by atoms with E-state index < -0.39 is 0 Å². The maximum atomic E-state index is 12.0. The van der Waals surface area contributed by atoms with Crippen molar-refractivity contribution in [2.24, 2.45) is 0 Å². The van der Waals surface area contributed by atoms with Gasteiger partial charge in [0.1, 0.15) is 5.75 Å². The smallest absolute Gasteiger partial charge is 0.325 e. The Labute approximate surface area is 125 Å². The van der Waals surface area contributed by atoms with Gasteiger partial charge in [0.05, 0.1) is 20.1 Å². The number of carbonyl (C=O) groups is 2. The van der Waals surface area contributed by atoms with Crippen LogP contribution in [0.25, 0.3) is 0 Å². The van der Waals surface area contributed by atoms with Crippen LogP contribution >= 0.6 is 0 Å². The molecular weight excluding hydrogens is 270 g/mol. The monoisotopic (exact) mass is 293 g/mol. The summed E-state index contributed by atoms with van der Waals surface area (Å²) in [7, 11) is 1.35. The van der Waals surface area contributed by atoms with Crippen LogP contribution < -0.4 is 4.74 Å². The number of hydrogen-bond acceptors (Lipinski definition) is 5. The number of ether oxygens (including phenoxy) is 2. The summed E-state index contributed by atoms with van der Waals surface area (Å²) in [5, 5.41) is 0. The van der Waals surface area contributed by atoms with Crippen LogP contribution in [0.5, 0.6) is 5.75 Å². The molecule has 0 atom stereocenters. The summed E-state index contributed by atoms with van der Waals surface area (Å²) >= 11 is 0. The van der Waals surface area contributed by atoms with Crippen LogP contribution in [-0.4, -0.2) is 43.6 Å². The van der Waals surface area contributed by atoms with Gasteiger partial charge in [0, 0.05) is 6.54 Å². The third-order valence-corrected chi connectivity index (χ3v) is 3.28. The van der Waals surface area contributed by atoms with Crippen molar-refractivity contribution >= 4 is 11.9 Å². The van der Waals surface area contributed by atoms with Crippen LogP contribution in [0.2, 0.25) is 0 Å². The minimum Gasteiger partial charge on any atom is -0.469 e. The van der Waals surface area contributed by atoms with Gasteiger partial charge in [-0.05, 0) is 31.5 Å². The lowest BCUT2D eigenvalue weighted by atomic mass is 10.1. The summed E-state index contributed by atoms with van der Waals surface area (Å²) in [6.07, 6.45) is 0.265. The van der Waals surface area contributed by atoms with Gasteiger partial charge in [-0.1, -0.05) is 25.1 Å². The van der Waals surface area contributed by atoms with E-state index in [0.717, 1.165) is 11.1 Å². The van der Waals surface area contributed by atoms with Crippen molar-refractivity contribution in [1.82, 2.24) is 4.90 Å². The Morgan fingerprint density at radius 1 is 1.14 bits per heavy atom. The molecule has 0 unspecified atom stereocenters. The molecule has 0 fully saturated rings. The molecule has 0 aliphatic heterocycles. The lowest BCUT2D eigenvalue weighted by molar-refractivity contribution is -0.142. The molecule has 0 spiro atoms. The standard InChI is InChI=1S/C16H23NO4/c1-5-17(10-9-14(18)20-4)11-15(19)21-16-12(2)7-6-8-13(16)3/h6-8H,5,9-11H2,1-4H3. The highest BCUT2D eigenvalue weighted by Gasteiger charge is 2.14. The fourth-order valence-electron chi connectivity index (χ4n) is 1.99. The highest BCUT2D eigenvalue weighted by atomic mass is 16.5. The summed E-state index contributed by atoms with van der Waals surface area (Å²) in [5.74, 6) is 0.0159. The predicted octanol–water partition coefficient (Wildman–Crippen LogP) is 2.09. The number of likely N-dealkylation sites (N-methyl/N-ethyl adjacent to an activating group) is 1. The van der Waals surface area contributed by atoms with E-state index in [9.17, 15) is 9.59 Å². The minimum absolute atomic E-state index is 0.154. The molecule has 1 aromatic carbocycles. The van der Waals surface area contributed by atoms with Gasteiger partial charge in [-0.2, -0.15) is 0 Å². The van der Waals surface area contributed by atoms with E-state index in [0.29, 0.717) is 18.8 Å². The van der Waals surface area contributed by atoms with Crippen LogP contribution in [0.3, 0.4) is 0 Å². The molecule has 0 heterocycles. The zero-order chi connectivity index (χ0) is 15.8. The molecule has 1 rings (SSSR count). The second-order valence-electron chi connectivity index (χ2n) is 4.89. The van der Waals surface area contributed by atoms with Crippen LogP contribution in [0.15, 0.2) is 18.2 Å². The zero-order valence-corrected chi connectivity index (χ0v) is 13.1. The van der Waals surface area contributed by atoms with Crippen molar-refractivity contribution in [3.63, 3.8) is 0 Å². The Bertz CT molecular complexity index is 479. The molecule has 0 saturated carbocycles. The maximum Gasteiger partial charge on any atom is 0.325 e. The van der Waals surface area contributed by atoms with Crippen LogP contribution in [0, 0.1) is 13.8 Å². The number of rotatable bonds is 7. The summed E-state index contributed by atoms with van der Waals surface area (Å²) in [5.41, 5.74) is 1.86. The Hall–Kier alpha value is -1.88. The molecule has 0 radical (unpaired) electrons. The van der Waals surface area contributed by atoms with Gasteiger partial charge in [-0.25, -0.2) is 0 Å². The largest absolute Gasteiger partial charge is 0.469 e. The van der Waals surface area contributed by atoms with Crippen molar-refractivity contribution in [2.75, 3.05) is 26.7 Å². The second-order valence-corrected chi connectivity index (χ2v) is 4.89. The average molecular weight is 293 g/mol. The molecule has 116 valence electrons. The third kappa shape index (κ3) is 5.55. The van der Waals surface area contributed by atoms with Gasteiger partial charge in [0.15, 0.2) is 0 Å². The maximum absolute atomic E-state index is 12.0. The highest BCUT2D eigenvalue weighted by Crippen LogP contribution is 2.22. The molecule has 0 bridgehead atoms. The molecule has 0 aromatic heterocycles. The van der Waals surface area contributed by atoms with Crippen molar-refractivity contribution in [3.05, 3.63) is 29.3 Å². The first-order valence-electron chi connectivity index (χ1n) is 7.04. The molecular formula is C16H23NO4. The van der Waals surface area contributed by atoms with E-state index in [2.05, 4.69) is 4.74 Å². The summed E-state index contributed by atoms with van der Waals surface area (Å²) < 4.78 is 10.0. The van der Waals surface area contributed by atoms with E-state index in [4.69, 9.17) is 4.74 Å². The fraction of sp³-hybridized carbons (Fsp3) is 0.500. The normalized spacial score (nSPS) is 10.5. The molecule has 5 nitrogen and oxygen atoms in total. The number of para-hydroxylation sites is 1. The SMILES string of the molecule is CCN(CCC(=O)OC)CC(=O)Oc1c(C)cccc1C. The van der Waals surface area contributed by atoms with Gasteiger partial charge in [0.25, 0.3) is 0 Å². The molecule has 0 aliphatic carbocycles. The number of nitrogens with zero attached hydrogens (tertiary/aromatic N) is 1. The van der Waals surface area contributed by atoms with Crippen molar-refractivity contribution in [3.8, 4) is 5.75 Å². The molecule has 0 aliphatic rings. The first kappa shape index (κ1) is 17.2. The van der Waals surface area contributed by atoms with E-state index in [1.54, 1.807) is 0 Å². The number of esters is 2. The van der Waals surface area contributed by atoms with Crippen molar-refractivity contribution in [1.29, 1.82) is 0 Å². The van der Waals surface area contributed by atoms with E-state index in [1.807, 2.05) is 43.9 Å². The van der Waals surface area contributed by atoms with Crippen molar-refractivity contribution in [2.45, 2.75) is 27.2 Å². The minimum atomic E-state index is -0.320. The summed E-state index contributed by atoms with van der Waals surface area (Å²) in [6, 6.07) is 5.74. The summed E-state index contributed by atoms with van der Waals surface area (Å²) in [6.45, 7) is 7.05. The average Bonchev–Trinajstić information content (AvgIpc) is 2.47. The summed E-state index contributed by atoms with van der Waals surface area (Å²) in [4.78, 5) is 25.0. The number of benzene rings is 1. The zero-order valence-electron chi connectivity index (χ0n) is 13.1. The van der Waals surface area contributed by atoms with Gasteiger partial charge in [-0.3, -0.25) is 14.5 Å². The van der Waals surface area contributed by atoms with Crippen LogP contribution in [0.1, 0.15) is 24.5 Å². The fourth-order valence-corrected chi connectivity index (χ4v) is 1.99.